The summed E-state index contributed by atoms with van der Waals surface area (Å²) in [4.78, 5) is 0. The third kappa shape index (κ3) is 9.37. The molecule has 70 heavy (non-hydrogen) atoms. The molecule has 0 unspecified atom stereocenters. The Bertz CT molecular complexity index is 2900. The zero-order chi connectivity index (χ0) is 49.6. The number of hydrogen-bond acceptors (Lipinski definition) is 0. The Hall–Kier alpha value is -7.02. The van der Waals surface area contributed by atoms with Crippen LogP contribution in [0.4, 0.5) is 0 Å². The predicted octanol–water partition coefficient (Wildman–Crippen LogP) is 20.2. The second-order valence-electron chi connectivity index (χ2n) is 23.3. The van der Waals surface area contributed by atoms with E-state index in [1.807, 2.05) is 0 Å². The molecule has 0 heterocycles. The first-order valence-corrected chi connectivity index (χ1v) is 25.3. The normalized spacial score (nSPS) is 12.3. The van der Waals surface area contributed by atoms with Gasteiger partial charge in [0.2, 0.25) is 0 Å². The van der Waals surface area contributed by atoms with E-state index in [0.29, 0.717) is 0 Å². The molecule has 0 fully saturated rings. The van der Waals surface area contributed by atoms with Gasteiger partial charge in [0.1, 0.15) is 0 Å². The molecule has 9 aromatic carbocycles. The zero-order valence-electron chi connectivity index (χ0n) is 43.6. The van der Waals surface area contributed by atoms with Gasteiger partial charge in [-0.2, -0.15) is 0 Å². The molecule has 0 aliphatic carbocycles. The van der Waals surface area contributed by atoms with E-state index < -0.39 is 0 Å². The number of benzene rings is 9. The van der Waals surface area contributed by atoms with E-state index >= 15 is 0 Å². The maximum atomic E-state index is 2.56. The summed E-state index contributed by atoms with van der Waals surface area (Å²) in [6.45, 7) is 28.0. The SMILES string of the molecule is CC(C)(C)c1ccccc1-c1ccccc1-c1cc(-c2ccccc2-c2ccccc2C(C)(C)C)c(-c2ccccc2-c2ccccc2C(C)(C)C)cc1-c1ccccc1-c1ccccc1C(C)(C)C. The Morgan fingerprint density at radius 3 is 0.443 bits per heavy atom. The molecule has 350 valence electrons. The average molecular weight is 911 g/mol. The molecule has 9 rings (SSSR count). The molecule has 0 aliphatic heterocycles. The summed E-state index contributed by atoms with van der Waals surface area (Å²) in [5.74, 6) is 0. The summed E-state index contributed by atoms with van der Waals surface area (Å²) >= 11 is 0. The van der Waals surface area contributed by atoms with Gasteiger partial charge in [0.05, 0.1) is 0 Å². The summed E-state index contributed by atoms with van der Waals surface area (Å²) in [6, 6.07) is 77.7. The molecule has 9 aromatic rings. The van der Waals surface area contributed by atoms with Crippen LogP contribution in [0, 0.1) is 0 Å². The standard InChI is InChI=1S/C70H70/c1-67(2,3)63-41-25-21-37-55(63)47-29-13-17-33-51(47)59-45-61(53-35-19-15-31-49(53)57-39-23-27-43-65(57)69(7,8)9)62(54-36-20-16-32-50(54)58-40-24-28-44-66(58)70(10,11)12)46-60(59)52-34-18-14-30-48(52)56-38-22-26-42-64(56)68(4,5)6/h13-46H,1-12H3. The maximum Gasteiger partial charge on any atom is -0.00923 e. The van der Waals surface area contributed by atoms with Gasteiger partial charge in [-0.05, 0) is 145 Å². The van der Waals surface area contributed by atoms with Crippen molar-refractivity contribution in [2.45, 2.75) is 105 Å². The van der Waals surface area contributed by atoms with Gasteiger partial charge in [-0.1, -0.05) is 277 Å². The number of rotatable bonds is 8. The summed E-state index contributed by atoms with van der Waals surface area (Å²) < 4.78 is 0. The van der Waals surface area contributed by atoms with E-state index in [1.54, 1.807) is 0 Å². The first kappa shape index (κ1) is 48.0. The molecule has 0 aliphatic rings. The molecule has 0 heteroatoms. The van der Waals surface area contributed by atoms with Crippen molar-refractivity contribution in [3.63, 3.8) is 0 Å². The van der Waals surface area contributed by atoms with Gasteiger partial charge < -0.3 is 0 Å². The fourth-order valence-electron chi connectivity index (χ4n) is 10.8. The molecule has 0 saturated carbocycles. The molecule has 0 saturated heterocycles. The van der Waals surface area contributed by atoms with E-state index in [1.165, 1.54) is 111 Å². The summed E-state index contributed by atoms with van der Waals surface area (Å²) in [5, 5.41) is 0. The van der Waals surface area contributed by atoms with Crippen LogP contribution >= 0.6 is 0 Å². The molecule has 0 nitrogen and oxygen atoms in total. The highest BCUT2D eigenvalue weighted by Crippen LogP contribution is 2.52. The Labute approximate surface area is 420 Å². The Kier molecular flexibility index (Phi) is 12.8. The Morgan fingerprint density at radius 2 is 0.286 bits per heavy atom. The third-order valence-corrected chi connectivity index (χ3v) is 14.1. The van der Waals surface area contributed by atoms with E-state index in [-0.39, 0.29) is 21.7 Å². The van der Waals surface area contributed by atoms with Crippen molar-refractivity contribution in [2.75, 3.05) is 0 Å². The minimum Gasteiger partial charge on any atom is -0.0619 e. The maximum absolute atomic E-state index is 2.56. The first-order valence-electron chi connectivity index (χ1n) is 25.3. The lowest BCUT2D eigenvalue weighted by Crippen LogP contribution is -2.13. The highest BCUT2D eigenvalue weighted by Gasteiger charge is 2.28. The summed E-state index contributed by atoms with van der Waals surface area (Å²) in [7, 11) is 0. The molecule has 0 bridgehead atoms. The molecule has 0 radical (unpaired) electrons. The second kappa shape index (κ2) is 18.7. The van der Waals surface area contributed by atoms with Crippen molar-refractivity contribution in [3.05, 3.63) is 229 Å². The van der Waals surface area contributed by atoms with Crippen molar-refractivity contribution < 1.29 is 0 Å². The molecule has 0 N–H and O–H groups in total. The van der Waals surface area contributed by atoms with Crippen LogP contribution in [0.2, 0.25) is 0 Å². The predicted molar refractivity (Wildman–Crippen MR) is 305 cm³/mol. The third-order valence-electron chi connectivity index (χ3n) is 14.1. The van der Waals surface area contributed by atoms with Crippen molar-refractivity contribution in [3.8, 4) is 89.0 Å². The Morgan fingerprint density at radius 1 is 0.157 bits per heavy atom. The van der Waals surface area contributed by atoms with Crippen LogP contribution in [-0.2, 0) is 21.7 Å². The zero-order valence-corrected chi connectivity index (χ0v) is 43.6. The van der Waals surface area contributed by atoms with Crippen molar-refractivity contribution in [1.29, 1.82) is 0 Å². The van der Waals surface area contributed by atoms with Crippen molar-refractivity contribution >= 4 is 0 Å². The van der Waals surface area contributed by atoms with E-state index in [2.05, 4.69) is 289 Å². The van der Waals surface area contributed by atoms with Crippen LogP contribution in [0.1, 0.15) is 105 Å². The highest BCUT2D eigenvalue weighted by atomic mass is 14.3. The average Bonchev–Trinajstić information content (AvgIpc) is 3.35. The lowest BCUT2D eigenvalue weighted by Gasteiger charge is -2.28. The van der Waals surface area contributed by atoms with Gasteiger partial charge in [-0.3, -0.25) is 0 Å². The van der Waals surface area contributed by atoms with E-state index in [4.69, 9.17) is 0 Å². The molecule has 0 spiro atoms. The monoisotopic (exact) mass is 911 g/mol. The minimum absolute atomic E-state index is 0.0722. The van der Waals surface area contributed by atoms with E-state index in [0.717, 1.165) is 0 Å². The van der Waals surface area contributed by atoms with Gasteiger partial charge in [-0.15, -0.1) is 0 Å². The lowest BCUT2D eigenvalue weighted by molar-refractivity contribution is 0.591. The van der Waals surface area contributed by atoms with Crippen LogP contribution < -0.4 is 0 Å². The van der Waals surface area contributed by atoms with Crippen LogP contribution in [0.3, 0.4) is 0 Å². The smallest absolute Gasteiger partial charge is 0.00923 e. The molecular weight excluding hydrogens is 841 g/mol. The van der Waals surface area contributed by atoms with Crippen LogP contribution in [-0.4, -0.2) is 0 Å². The fourth-order valence-corrected chi connectivity index (χ4v) is 10.8. The van der Waals surface area contributed by atoms with Crippen molar-refractivity contribution in [2.24, 2.45) is 0 Å². The van der Waals surface area contributed by atoms with Gasteiger partial charge >= 0.3 is 0 Å². The summed E-state index contributed by atoms with van der Waals surface area (Å²) in [5.41, 5.74) is 24.6. The van der Waals surface area contributed by atoms with Crippen LogP contribution in [0.25, 0.3) is 89.0 Å². The van der Waals surface area contributed by atoms with Gasteiger partial charge in [0.15, 0.2) is 0 Å². The van der Waals surface area contributed by atoms with Gasteiger partial charge in [0.25, 0.3) is 0 Å². The first-order chi connectivity index (χ1) is 33.3. The van der Waals surface area contributed by atoms with Gasteiger partial charge in [0, 0.05) is 0 Å². The van der Waals surface area contributed by atoms with Crippen LogP contribution in [0.15, 0.2) is 206 Å². The quantitative estimate of drug-likeness (QED) is 0.142. The number of hydrogen-bond donors (Lipinski definition) is 0. The van der Waals surface area contributed by atoms with E-state index in [9.17, 15) is 0 Å². The minimum atomic E-state index is -0.0722. The topological polar surface area (TPSA) is 0 Å². The highest BCUT2D eigenvalue weighted by molar-refractivity contribution is 6.05. The van der Waals surface area contributed by atoms with Crippen molar-refractivity contribution in [1.82, 2.24) is 0 Å². The molecule has 0 aromatic heterocycles. The molecular formula is C70H70. The lowest BCUT2D eigenvalue weighted by atomic mass is 9.76. The Balaban J connectivity index is 1.49. The van der Waals surface area contributed by atoms with Crippen LogP contribution in [0.5, 0.6) is 0 Å². The molecule has 0 atom stereocenters. The largest absolute Gasteiger partial charge is 0.0619 e. The molecule has 0 amide bonds. The fraction of sp³-hybridized carbons (Fsp3) is 0.229. The van der Waals surface area contributed by atoms with Gasteiger partial charge in [-0.25, -0.2) is 0 Å². The summed E-state index contributed by atoms with van der Waals surface area (Å²) in [6.07, 6.45) is 0. The second-order valence-corrected chi connectivity index (χ2v) is 23.3.